The van der Waals surface area contributed by atoms with E-state index in [1.807, 2.05) is 60.8 Å². The van der Waals surface area contributed by atoms with Gasteiger partial charge in [-0.25, -0.2) is 0 Å². The average Bonchev–Trinajstić information content (AvgIpc) is 3.03. The van der Waals surface area contributed by atoms with Gasteiger partial charge in [-0.3, -0.25) is 4.79 Å². The van der Waals surface area contributed by atoms with Gasteiger partial charge in [-0.2, -0.15) is 0 Å². The van der Waals surface area contributed by atoms with Crippen molar-refractivity contribution in [3.8, 4) is 5.75 Å². The fraction of sp³-hybridized carbons (Fsp3) is 0.125. The van der Waals surface area contributed by atoms with Gasteiger partial charge in [-0.1, -0.05) is 42.5 Å². The number of aromatic nitrogens is 1. The topological polar surface area (TPSA) is 51.5 Å². The predicted molar refractivity (Wildman–Crippen MR) is 122 cm³/mol. The van der Waals surface area contributed by atoms with Crippen LogP contribution >= 0.6 is 22.6 Å². The van der Waals surface area contributed by atoms with Gasteiger partial charge in [0.15, 0.2) is 0 Å². The normalized spacial score (nSPS) is 10.9. The monoisotopic (exact) mass is 497 g/mol. The van der Waals surface area contributed by atoms with Crippen LogP contribution in [0.1, 0.15) is 16.7 Å². The number of halogens is 1. The first kappa shape index (κ1) is 19.5. The zero-order valence-electron chi connectivity index (χ0n) is 15.7. The third kappa shape index (κ3) is 4.79. The Hall–Kier alpha value is -2.80. The van der Waals surface area contributed by atoms with Gasteiger partial charge in [0.05, 0.1) is 6.42 Å². The molecule has 0 aliphatic carbocycles. The molecule has 4 rings (SSSR count). The Morgan fingerprint density at radius 2 is 1.76 bits per heavy atom. The van der Waals surface area contributed by atoms with Crippen molar-refractivity contribution in [1.82, 2.24) is 4.57 Å². The van der Waals surface area contributed by atoms with Gasteiger partial charge in [0.25, 0.3) is 0 Å². The third-order valence-corrected chi connectivity index (χ3v) is 5.44. The molecule has 0 bridgehead atoms. The van der Waals surface area contributed by atoms with Gasteiger partial charge in [-0.15, -0.1) is 0 Å². The summed E-state index contributed by atoms with van der Waals surface area (Å²) in [4.78, 5) is 11.4. The molecule has 29 heavy (non-hydrogen) atoms. The molecular weight excluding hydrogens is 477 g/mol. The van der Waals surface area contributed by atoms with Crippen molar-refractivity contribution < 1.29 is 14.6 Å². The van der Waals surface area contributed by atoms with Crippen LogP contribution in [0.4, 0.5) is 0 Å². The number of carboxylic acids is 1. The summed E-state index contributed by atoms with van der Waals surface area (Å²) < 4.78 is 9.24. The summed E-state index contributed by atoms with van der Waals surface area (Å²) in [6.07, 6.45) is 1.93. The third-order valence-electron chi connectivity index (χ3n) is 4.77. The molecule has 0 saturated carbocycles. The number of hydrogen-bond acceptors (Lipinski definition) is 2. The van der Waals surface area contributed by atoms with Gasteiger partial charge in [-0.05, 0) is 69.6 Å². The minimum Gasteiger partial charge on any atom is -0.489 e. The highest BCUT2D eigenvalue weighted by atomic mass is 127. The number of benzene rings is 3. The molecule has 0 aliphatic heterocycles. The van der Waals surface area contributed by atoms with E-state index in [1.165, 1.54) is 9.13 Å². The molecule has 0 saturated heterocycles. The standard InChI is InChI=1S/C24H20INO3/c25-20-8-4-7-18(11-20)14-26-15-19(12-24(27)28)22-13-21(9-10-23(22)26)29-16-17-5-2-1-3-6-17/h1-11,13,15H,12,14,16H2,(H,27,28). The molecule has 1 heterocycles. The Morgan fingerprint density at radius 3 is 2.52 bits per heavy atom. The zero-order valence-corrected chi connectivity index (χ0v) is 17.9. The summed E-state index contributed by atoms with van der Waals surface area (Å²) in [7, 11) is 0. The fourth-order valence-electron chi connectivity index (χ4n) is 3.45. The lowest BCUT2D eigenvalue weighted by Crippen LogP contribution is -2.00. The molecule has 0 unspecified atom stereocenters. The Morgan fingerprint density at radius 1 is 0.966 bits per heavy atom. The first-order chi connectivity index (χ1) is 14.1. The molecule has 0 amide bonds. The van der Waals surface area contributed by atoms with Gasteiger partial charge < -0.3 is 14.4 Å². The van der Waals surface area contributed by atoms with E-state index in [4.69, 9.17) is 4.74 Å². The summed E-state index contributed by atoms with van der Waals surface area (Å²) in [6.45, 7) is 1.17. The van der Waals surface area contributed by atoms with Crippen molar-refractivity contribution >= 4 is 39.5 Å². The summed E-state index contributed by atoms with van der Waals surface area (Å²) in [5.74, 6) is -0.103. The van der Waals surface area contributed by atoms with Crippen LogP contribution < -0.4 is 4.74 Å². The van der Waals surface area contributed by atoms with Crippen LogP contribution in [0, 0.1) is 3.57 Å². The second kappa shape index (κ2) is 8.69. The molecule has 0 spiro atoms. The van der Waals surface area contributed by atoms with Crippen molar-refractivity contribution in [3.63, 3.8) is 0 Å². The molecule has 4 nitrogen and oxygen atoms in total. The minimum atomic E-state index is -0.839. The molecule has 3 aromatic carbocycles. The minimum absolute atomic E-state index is 0.0159. The summed E-state index contributed by atoms with van der Waals surface area (Å²) >= 11 is 2.30. The molecule has 5 heteroatoms. The van der Waals surface area contributed by atoms with Gasteiger partial charge in [0.1, 0.15) is 12.4 Å². The Labute approximate surface area is 182 Å². The van der Waals surface area contributed by atoms with Crippen molar-refractivity contribution in [2.75, 3.05) is 0 Å². The molecule has 1 N–H and O–H groups in total. The number of carboxylic acid groups (broad SMARTS) is 1. The highest BCUT2D eigenvalue weighted by molar-refractivity contribution is 14.1. The molecule has 0 atom stereocenters. The number of aliphatic carboxylic acids is 1. The lowest BCUT2D eigenvalue weighted by molar-refractivity contribution is -0.136. The second-order valence-corrected chi connectivity index (χ2v) is 8.18. The van der Waals surface area contributed by atoms with Gasteiger partial charge in [0, 0.05) is 27.2 Å². The molecule has 0 aliphatic rings. The highest BCUT2D eigenvalue weighted by Gasteiger charge is 2.13. The summed E-state index contributed by atoms with van der Waals surface area (Å²) in [6, 6.07) is 24.2. The average molecular weight is 497 g/mol. The maximum Gasteiger partial charge on any atom is 0.307 e. The van der Waals surface area contributed by atoms with Crippen LogP contribution in [0.2, 0.25) is 0 Å². The fourth-order valence-corrected chi connectivity index (χ4v) is 4.05. The van der Waals surface area contributed by atoms with E-state index >= 15 is 0 Å². The SMILES string of the molecule is O=C(O)Cc1cn(Cc2cccc(I)c2)c2ccc(OCc3ccccc3)cc12. The van der Waals surface area contributed by atoms with E-state index in [9.17, 15) is 9.90 Å². The van der Waals surface area contributed by atoms with E-state index in [2.05, 4.69) is 45.4 Å². The number of hydrogen-bond donors (Lipinski definition) is 1. The highest BCUT2D eigenvalue weighted by Crippen LogP contribution is 2.28. The van der Waals surface area contributed by atoms with E-state index < -0.39 is 5.97 Å². The number of ether oxygens (including phenoxy) is 1. The number of fused-ring (bicyclic) bond motifs is 1. The van der Waals surface area contributed by atoms with Crippen LogP contribution in [0.15, 0.2) is 79.0 Å². The van der Waals surface area contributed by atoms with Crippen LogP contribution in [-0.2, 0) is 24.4 Å². The smallest absolute Gasteiger partial charge is 0.307 e. The number of carbonyl (C=O) groups is 1. The van der Waals surface area contributed by atoms with Crippen LogP contribution in [-0.4, -0.2) is 15.6 Å². The first-order valence-electron chi connectivity index (χ1n) is 9.33. The van der Waals surface area contributed by atoms with E-state index in [0.29, 0.717) is 13.2 Å². The summed E-state index contributed by atoms with van der Waals surface area (Å²) in [5.41, 5.74) is 4.07. The Kier molecular flexibility index (Phi) is 5.85. The van der Waals surface area contributed by atoms with Crippen molar-refractivity contribution in [3.05, 3.63) is 99.3 Å². The molecule has 0 radical (unpaired) electrons. The van der Waals surface area contributed by atoms with Crippen LogP contribution in [0.3, 0.4) is 0 Å². The van der Waals surface area contributed by atoms with Crippen molar-refractivity contribution in [1.29, 1.82) is 0 Å². The van der Waals surface area contributed by atoms with E-state index in [0.717, 1.165) is 27.8 Å². The van der Waals surface area contributed by atoms with E-state index in [-0.39, 0.29) is 6.42 Å². The van der Waals surface area contributed by atoms with E-state index in [1.54, 1.807) is 0 Å². The Bertz CT molecular complexity index is 1150. The molecule has 146 valence electrons. The quantitative estimate of drug-likeness (QED) is 0.343. The van der Waals surface area contributed by atoms with Gasteiger partial charge in [0.2, 0.25) is 0 Å². The lowest BCUT2D eigenvalue weighted by atomic mass is 10.1. The van der Waals surface area contributed by atoms with Crippen LogP contribution in [0.5, 0.6) is 5.75 Å². The van der Waals surface area contributed by atoms with Crippen molar-refractivity contribution in [2.24, 2.45) is 0 Å². The largest absolute Gasteiger partial charge is 0.489 e. The molecular formula is C24H20INO3. The molecule has 1 aromatic heterocycles. The second-order valence-electron chi connectivity index (χ2n) is 6.94. The maximum atomic E-state index is 11.4. The Balaban J connectivity index is 1.65. The maximum absolute atomic E-state index is 11.4. The predicted octanol–water partition coefficient (Wildman–Crippen LogP) is 5.50. The first-order valence-corrected chi connectivity index (χ1v) is 10.4. The number of nitrogens with zero attached hydrogens (tertiary/aromatic N) is 1. The molecule has 0 fully saturated rings. The van der Waals surface area contributed by atoms with Crippen molar-refractivity contribution in [2.45, 2.75) is 19.6 Å². The van der Waals surface area contributed by atoms with Crippen LogP contribution in [0.25, 0.3) is 10.9 Å². The number of rotatable bonds is 7. The molecule has 4 aromatic rings. The summed E-state index contributed by atoms with van der Waals surface area (Å²) in [5, 5.41) is 10.3. The lowest BCUT2D eigenvalue weighted by Gasteiger charge is -2.09. The van der Waals surface area contributed by atoms with Gasteiger partial charge >= 0.3 is 5.97 Å². The zero-order chi connectivity index (χ0) is 20.2.